The number of hydrogen-bond acceptors (Lipinski definition) is 7. The summed E-state index contributed by atoms with van der Waals surface area (Å²) in [5, 5.41) is 2.35. The average Bonchev–Trinajstić information content (AvgIpc) is 3.53. The number of ether oxygens (including phenoxy) is 3. The van der Waals surface area contributed by atoms with Crippen LogP contribution in [-0.2, 0) is 16.0 Å². The van der Waals surface area contributed by atoms with Crippen molar-refractivity contribution in [3.63, 3.8) is 0 Å². The summed E-state index contributed by atoms with van der Waals surface area (Å²) in [7, 11) is 0. The van der Waals surface area contributed by atoms with E-state index in [4.69, 9.17) is 14.2 Å². The van der Waals surface area contributed by atoms with E-state index in [1.54, 1.807) is 30.4 Å². The third kappa shape index (κ3) is 4.58. The standard InChI is InChI=1S/C24H20N2O6S/c27-22(6-3-15-1-4-18-17(11-15)7-10-30-18)25-8-9-26-23(28)21(33-24(26)29)13-16-2-5-19-20(12-16)32-14-31-19/h1-6,11-13H,7-10,14H2,(H,25,27)/b6-3+,21-13-. The van der Waals surface area contributed by atoms with Crippen LogP contribution in [0.25, 0.3) is 12.2 Å². The Morgan fingerprint density at radius 1 is 1.03 bits per heavy atom. The number of rotatable bonds is 6. The lowest BCUT2D eigenvalue weighted by Gasteiger charge is -2.12. The highest BCUT2D eigenvalue weighted by molar-refractivity contribution is 8.18. The lowest BCUT2D eigenvalue weighted by Crippen LogP contribution is -2.36. The van der Waals surface area contributed by atoms with Crippen LogP contribution in [0.1, 0.15) is 16.7 Å². The number of carbonyl (C=O) groups excluding carboxylic acids is 3. The van der Waals surface area contributed by atoms with E-state index in [0.717, 1.165) is 45.5 Å². The van der Waals surface area contributed by atoms with Crippen LogP contribution in [0.4, 0.5) is 4.79 Å². The van der Waals surface area contributed by atoms with E-state index in [0.29, 0.717) is 23.0 Å². The molecule has 168 valence electrons. The van der Waals surface area contributed by atoms with E-state index in [9.17, 15) is 14.4 Å². The SMILES string of the molecule is O=C(/C=C/c1ccc2c(c1)CCO2)NCCN1C(=O)S/C(=C\c2ccc3c(c2)OCO3)C1=O. The van der Waals surface area contributed by atoms with Crippen LogP contribution < -0.4 is 19.5 Å². The fourth-order valence-corrected chi connectivity index (χ4v) is 4.54. The van der Waals surface area contributed by atoms with Gasteiger partial charge in [-0.25, -0.2) is 0 Å². The molecular weight excluding hydrogens is 444 g/mol. The van der Waals surface area contributed by atoms with Crippen LogP contribution in [-0.4, -0.2) is 48.4 Å². The number of amides is 3. The van der Waals surface area contributed by atoms with E-state index >= 15 is 0 Å². The molecule has 5 rings (SSSR count). The van der Waals surface area contributed by atoms with Crippen LogP contribution in [0.15, 0.2) is 47.4 Å². The largest absolute Gasteiger partial charge is 0.493 e. The van der Waals surface area contributed by atoms with Gasteiger partial charge >= 0.3 is 0 Å². The first-order valence-electron chi connectivity index (χ1n) is 10.4. The van der Waals surface area contributed by atoms with Gasteiger partial charge in [-0.2, -0.15) is 0 Å². The predicted octanol–water partition coefficient (Wildman–Crippen LogP) is 3.22. The summed E-state index contributed by atoms with van der Waals surface area (Å²) < 4.78 is 16.1. The number of benzene rings is 2. The molecule has 3 amide bonds. The maximum absolute atomic E-state index is 12.7. The second-order valence-electron chi connectivity index (χ2n) is 7.54. The Morgan fingerprint density at radius 2 is 1.85 bits per heavy atom. The Morgan fingerprint density at radius 3 is 2.76 bits per heavy atom. The van der Waals surface area contributed by atoms with Gasteiger partial charge in [-0.15, -0.1) is 0 Å². The summed E-state index contributed by atoms with van der Waals surface area (Å²) in [6.45, 7) is 1.11. The van der Waals surface area contributed by atoms with Crippen LogP contribution in [0.3, 0.4) is 0 Å². The molecule has 1 saturated heterocycles. The smallest absolute Gasteiger partial charge is 0.293 e. The first-order chi connectivity index (χ1) is 16.1. The normalized spacial score (nSPS) is 17.7. The van der Waals surface area contributed by atoms with Gasteiger partial charge in [0.1, 0.15) is 5.75 Å². The van der Waals surface area contributed by atoms with Gasteiger partial charge in [-0.3, -0.25) is 19.3 Å². The van der Waals surface area contributed by atoms with E-state index < -0.39 is 0 Å². The fraction of sp³-hybridized carbons (Fsp3) is 0.208. The van der Waals surface area contributed by atoms with Crippen molar-refractivity contribution in [2.75, 3.05) is 26.5 Å². The van der Waals surface area contributed by atoms with Gasteiger partial charge in [-0.05, 0) is 64.9 Å². The molecule has 1 N–H and O–H groups in total. The third-order valence-corrected chi connectivity index (χ3v) is 6.25. The first kappa shape index (κ1) is 21.1. The zero-order valence-corrected chi connectivity index (χ0v) is 18.4. The van der Waals surface area contributed by atoms with Crippen molar-refractivity contribution in [3.8, 4) is 17.2 Å². The molecule has 1 fully saturated rings. The van der Waals surface area contributed by atoms with Gasteiger partial charge < -0.3 is 19.5 Å². The molecule has 9 heteroatoms. The van der Waals surface area contributed by atoms with Gasteiger partial charge in [0, 0.05) is 25.6 Å². The first-order valence-corrected chi connectivity index (χ1v) is 11.3. The zero-order valence-electron chi connectivity index (χ0n) is 17.5. The zero-order chi connectivity index (χ0) is 22.8. The summed E-state index contributed by atoms with van der Waals surface area (Å²) in [5.41, 5.74) is 2.78. The fourth-order valence-electron chi connectivity index (χ4n) is 3.68. The van der Waals surface area contributed by atoms with Gasteiger partial charge in [0.2, 0.25) is 12.7 Å². The van der Waals surface area contributed by atoms with Crippen molar-refractivity contribution in [2.45, 2.75) is 6.42 Å². The second-order valence-corrected chi connectivity index (χ2v) is 8.53. The minimum absolute atomic E-state index is 0.0961. The van der Waals surface area contributed by atoms with Crippen LogP contribution >= 0.6 is 11.8 Å². The third-order valence-electron chi connectivity index (χ3n) is 5.34. The molecule has 2 aromatic rings. The number of imide groups is 1. The van der Waals surface area contributed by atoms with Crippen molar-refractivity contribution in [2.24, 2.45) is 0 Å². The molecule has 0 spiro atoms. The minimum Gasteiger partial charge on any atom is -0.493 e. The molecule has 2 aromatic carbocycles. The van der Waals surface area contributed by atoms with Crippen molar-refractivity contribution >= 4 is 41.0 Å². The predicted molar refractivity (Wildman–Crippen MR) is 123 cm³/mol. The number of nitrogens with one attached hydrogen (secondary N) is 1. The van der Waals surface area contributed by atoms with Crippen molar-refractivity contribution < 1.29 is 28.6 Å². The molecule has 8 nitrogen and oxygen atoms in total. The Hall–Kier alpha value is -3.72. The number of fused-ring (bicyclic) bond motifs is 2. The molecule has 0 atom stereocenters. The molecular formula is C24H20N2O6S. The molecule has 0 bridgehead atoms. The van der Waals surface area contributed by atoms with Gasteiger partial charge in [0.25, 0.3) is 11.1 Å². The highest BCUT2D eigenvalue weighted by Crippen LogP contribution is 2.36. The molecule has 0 radical (unpaired) electrons. The number of thioether (sulfide) groups is 1. The molecule has 0 aliphatic carbocycles. The average molecular weight is 464 g/mol. The summed E-state index contributed by atoms with van der Waals surface area (Å²) in [6, 6.07) is 11.1. The van der Waals surface area contributed by atoms with Crippen molar-refractivity contribution in [3.05, 3.63) is 64.1 Å². The lowest BCUT2D eigenvalue weighted by atomic mass is 10.1. The Balaban J connectivity index is 1.14. The highest BCUT2D eigenvalue weighted by atomic mass is 32.2. The second kappa shape index (κ2) is 9.03. The Labute approximate surface area is 194 Å². The molecule has 0 aromatic heterocycles. The summed E-state index contributed by atoms with van der Waals surface area (Å²) in [6.07, 6.45) is 5.67. The van der Waals surface area contributed by atoms with Gasteiger partial charge in [0.15, 0.2) is 11.5 Å². The monoisotopic (exact) mass is 464 g/mol. The molecule has 3 heterocycles. The molecule has 3 aliphatic rings. The molecule has 0 saturated carbocycles. The minimum atomic E-state index is -0.382. The van der Waals surface area contributed by atoms with E-state index in [-0.39, 0.29) is 36.9 Å². The van der Waals surface area contributed by atoms with E-state index in [1.807, 2.05) is 18.2 Å². The number of hydrogen-bond donors (Lipinski definition) is 1. The van der Waals surface area contributed by atoms with Crippen LogP contribution in [0.5, 0.6) is 17.2 Å². The van der Waals surface area contributed by atoms with Crippen LogP contribution in [0, 0.1) is 0 Å². The maximum Gasteiger partial charge on any atom is 0.293 e. The molecule has 33 heavy (non-hydrogen) atoms. The van der Waals surface area contributed by atoms with Crippen LogP contribution in [0.2, 0.25) is 0 Å². The topological polar surface area (TPSA) is 94.2 Å². The number of carbonyl (C=O) groups is 3. The maximum atomic E-state index is 12.7. The molecule has 0 unspecified atom stereocenters. The summed E-state index contributed by atoms with van der Waals surface area (Å²) >= 11 is 0.876. The van der Waals surface area contributed by atoms with Gasteiger partial charge in [0.05, 0.1) is 11.5 Å². The van der Waals surface area contributed by atoms with Crippen molar-refractivity contribution in [1.29, 1.82) is 0 Å². The van der Waals surface area contributed by atoms with E-state index in [1.165, 1.54) is 6.08 Å². The highest BCUT2D eigenvalue weighted by Gasteiger charge is 2.34. The number of nitrogens with zero attached hydrogens (tertiary/aromatic N) is 1. The van der Waals surface area contributed by atoms with Gasteiger partial charge in [-0.1, -0.05) is 12.1 Å². The Bertz CT molecular complexity index is 1210. The summed E-state index contributed by atoms with van der Waals surface area (Å²) in [4.78, 5) is 38.5. The Kier molecular flexibility index (Phi) is 5.78. The lowest BCUT2D eigenvalue weighted by molar-refractivity contribution is -0.123. The van der Waals surface area contributed by atoms with Crippen molar-refractivity contribution in [1.82, 2.24) is 10.2 Å². The van der Waals surface area contributed by atoms with E-state index in [2.05, 4.69) is 5.32 Å². The summed E-state index contributed by atoms with van der Waals surface area (Å²) in [5.74, 6) is 1.46. The molecule has 3 aliphatic heterocycles. The quantitative estimate of drug-likeness (QED) is 0.656.